The van der Waals surface area contributed by atoms with Gasteiger partial charge in [-0.1, -0.05) is 0 Å². The maximum absolute atomic E-state index is 11.7. The Labute approximate surface area is 94.8 Å². The van der Waals surface area contributed by atoms with Crippen LogP contribution in [0, 0.1) is 13.8 Å². The molecule has 5 heteroatoms. The van der Waals surface area contributed by atoms with E-state index in [0.717, 1.165) is 11.4 Å². The normalized spacial score (nSPS) is 12.6. The minimum absolute atomic E-state index is 0.0777. The van der Waals surface area contributed by atoms with Crippen LogP contribution < -0.4 is 5.73 Å². The van der Waals surface area contributed by atoms with E-state index in [-0.39, 0.29) is 6.54 Å². The number of ether oxygens (including phenoxy) is 1. The Hall–Kier alpha value is -1.33. The van der Waals surface area contributed by atoms with E-state index in [1.165, 1.54) is 7.11 Å². The van der Waals surface area contributed by atoms with E-state index in [0.29, 0.717) is 11.1 Å². The van der Waals surface area contributed by atoms with Gasteiger partial charge in [0.2, 0.25) is 0 Å². The first-order chi connectivity index (χ1) is 7.45. The number of carbonyl (C=O) groups excluding carboxylic acids is 1. The average molecular weight is 226 g/mol. The summed E-state index contributed by atoms with van der Waals surface area (Å²) in [5.74, 6) is -0.441. The van der Waals surface area contributed by atoms with Crippen LogP contribution in [-0.4, -0.2) is 29.3 Å². The molecule has 0 fully saturated rings. The van der Waals surface area contributed by atoms with E-state index in [1.807, 2.05) is 25.5 Å². The van der Waals surface area contributed by atoms with Crippen LogP contribution in [0.3, 0.4) is 0 Å². The molecule has 0 saturated heterocycles. The molecule has 0 aliphatic carbocycles. The summed E-state index contributed by atoms with van der Waals surface area (Å²) in [5.41, 5.74) is 8.01. The van der Waals surface area contributed by atoms with Crippen LogP contribution in [-0.2, 0) is 11.8 Å². The fourth-order valence-electron chi connectivity index (χ4n) is 1.86. The lowest BCUT2D eigenvalue weighted by molar-refractivity contribution is 0.0593. The predicted molar refractivity (Wildman–Crippen MR) is 60.2 cm³/mol. The van der Waals surface area contributed by atoms with Crippen LogP contribution in [0.2, 0.25) is 0 Å². The predicted octanol–water partition coefficient (Wildman–Crippen LogP) is 0.421. The Bertz CT molecular complexity index is 410. The molecule has 0 radical (unpaired) electrons. The van der Waals surface area contributed by atoms with Crippen LogP contribution in [0.1, 0.15) is 33.4 Å². The van der Waals surface area contributed by atoms with Crippen LogP contribution in [0.4, 0.5) is 0 Å². The van der Waals surface area contributed by atoms with Gasteiger partial charge in [-0.15, -0.1) is 0 Å². The second-order valence-electron chi connectivity index (χ2n) is 3.76. The lowest BCUT2D eigenvalue weighted by atomic mass is 10.0. The molecule has 5 nitrogen and oxygen atoms in total. The van der Waals surface area contributed by atoms with Crippen molar-refractivity contribution in [1.29, 1.82) is 0 Å². The molecular weight excluding hydrogens is 208 g/mol. The molecule has 90 valence electrons. The summed E-state index contributed by atoms with van der Waals surface area (Å²) < 4.78 is 6.56. The highest BCUT2D eigenvalue weighted by molar-refractivity contribution is 5.93. The van der Waals surface area contributed by atoms with Crippen molar-refractivity contribution in [1.82, 2.24) is 4.57 Å². The molecule has 0 aliphatic rings. The van der Waals surface area contributed by atoms with Gasteiger partial charge in [-0.25, -0.2) is 4.79 Å². The SMILES string of the molecule is COC(=O)c1c(C(O)CN)c(C)n(C)c1C. The maximum atomic E-state index is 11.7. The Morgan fingerprint density at radius 1 is 1.50 bits per heavy atom. The molecule has 3 N–H and O–H groups in total. The number of methoxy groups -OCH3 is 1. The summed E-state index contributed by atoms with van der Waals surface area (Å²) in [6, 6.07) is 0. The highest BCUT2D eigenvalue weighted by Gasteiger charge is 2.26. The number of aliphatic hydroxyl groups excluding tert-OH is 1. The fraction of sp³-hybridized carbons (Fsp3) is 0.545. The van der Waals surface area contributed by atoms with Crippen molar-refractivity contribution < 1.29 is 14.6 Å². The molecule has 0 aromatic carbocycles. The third kappa shape index (κ3) is 1.83. The molecule has 1 atom stereocenters. The van der Waals surface area contributed by atoms with E-state index in [1.54, 1.807) is 0 Å². The standard InChI is InChI=1S/C11H18N2O3/c1-6-9(8(14)5-12)10(11(15)16-4)7(2)13(6)3/h8,14H,5,12H2,1-4H3. The second kappa shape index (κ2) is 4.67. The smallest absolute Gasteiger partial charge is 0.340 e. The van der Waals surface area contributed by atoms with Crippen LogP contribution in [0.5, 0.6) is 0 Å². The van der Waals surface area contributed by atoms with Crippen molar-refractivity contribution in [3.63, 3.8) is 0 Å². The molecule has 1 aromatic rings. The molecule has 0 spiro atoms. The van der Waals surface area contributed by atoms with Crippen molar-refractivity contribution in [3.8, 4) is 0 Å². The van der Waals surface area contributed by atoms with Gasteiger partial charge in [0.25, 0.3) is 0 Å². The van der Waals surface area contributed by atoms with E-state index in [2.05, 4.69) is 0 Å². The molecule has 0 aliphatic heterocycles. The summed E-state index contributed by atoms with van der Waals surface area (Å²) in [4.78, 5) is 11.7. The Kier molecular flexibility index (Phi) is 3.72. The highest BCUT2D eigenvalue weighted by atomic mass is 16.5. The number of nitrogens with zero attached hydrogens (tertiary/aromatic N) is 1. The van der Waals surface area contributed by atoms with Crippen molar-refractivity contribution in [2.45, 2.75) is 20.0 Å². The fourth-order valence-corrected chi connectivity index (χ4v) is 1.86. The number of hydrogen-bond donors (Lipinski definition) is 2. The molecule has 1 rings (SSSR count). The topological polar surface area (TPSA) is 77.5 Å². The third-order valence-corrected chi connectivity index (χ3v) is 2.97. The number of nitrogens with two attached hydrogens (primary N) is 1. The van der Waals surface area contributed by atoms with Gasteiger partial charge in [0, 0.05) is 30.5 Å². The summed E-state index contributed by atoms with van der Waals surface area (Å²) in [7, 11) is 3.16. The van der Waals surface area contributed by atoms with Crippen LogP contribution in [0.25, 0.3) is 0 Å². The summed E-state index contributed by atoms with van der Waals surface area (Å²) in [6.07, 6.45) is -0.839. The number of aromatic nitrogens is 1. The van der Waals surface area contributed by atoms with Gasteiger partial charge in [0.1, 0.15) is 0 Å². The molecule has 0 amide bonds. The second-order valence-corrected chi connectivity index (χ2v) is 3.76. The minimum Gasteiger partial charge on any atom is -0.465 e. The van der Waals surface area contributed by atoms with Gasteiger partial charge in [-0.05, 0) is 13.8 Å². The van der Waals surface area contributed by atoms with Crippen LogP contribution >= 0.6 is 0 Å². The molecule has 0 bridgehead atoms. The van der Waals surface area contributed by atoms with Gasteiger partial charge >= 0.3 is 5.97 Å². The largest absolute Gasteiger partial charge is 0.465 e. The Balaban J connectivity index is 3.45. The molecular formula is C11H18N2O3. The van der Waals surface area contributed by atoms with E-state index in [9.17, 15) is 9.90 Å². The van der Waals surface area contributed by atoms with Crippen molar-refractivity contribution in [2.24, 2.45) is 12.8 Å². The number of rotatable bonds is 3. The Morgan fingerprint density at radius 3 is 2.50 bits per heavy atom. The zero-order valence-corrected chi connectivity index (χ0v) is 10.1. The lowest BCUT2D eigenvalue weighted by Crippen LogP contribution is -2.16. The Morgan fingerprint density at radius 2 is 2.06 bits per heavy atom. The van der Waals surface area contributed by atoms with Crippen molar-refractivity contribution in [3.05, 3.63) is 22.5 Å². The van der Waals surface area contributed by atoms with Gasteiger partial charge in [0.05, 0.1) is 18.8 Å². The van der Waals surface area contributed by atoms with Crippen molar-refractivity contribution >= 4 is 5.97 Å². The van der Waals surface area contributed by atoms with Crippen molar-refractivity contribution in [2.75, 3.05) is 13.7 Å². The van der Waals surface area contributed by atoms with E-state index in [4.69, 9.17) is 10.5 Å². The molecule has 16 heavy (non-hydrogen) atoms. The van der Waals surface area contributed by atoms with Crippen LogP contribution in [0.15, 0.2) is 0 Å². The monoisotopic (exact) mass is 226 g/mol. The minimum atomic E-state index is -0.839. The highest BCUT2D eigenvalue weighted by Crippen LogP contribution is 2.27. The van der Waals surface area contributed by atoms with E-state index >= 15 is 0 Å². The molecule has 1 aromatic heterocycles. The first-order valence-electron chi connectivity index (χ1n) is 5.07. The first-order valence-corrected chi connectivity index (χ1v) is 5.07. The quantitative estimate of drug-likeness (QED) is 0.732. The van der Waals surface area contributed by atoms with Gasteiger partial charge in [0.15, 0.2) is 0 Å². The van der Waals surface area contributed by atoms with Gasteiger partial charge in [-0.2, -0.15) is 0 Å². The summed E-state index contributed by atoms with van der Waals surface area (Å²) >= 11 is 0. The molecule has 1 unspecified atom stereocenters. The van der Waals surface area contributed by atoms with E-state index < -0.39 is 12.1 Å². The van der Waals surface area contributed by atoms with Gasteiger partial charge in [-0.3, -0.25) is 0 Å². The molecule has 0 saturated carbocycles. The number of aliphatic hydroxyl groups is 1. The first kappa shape index (κ1) is 12.7. The lowest BCUT2D eigenvalue weighted by Gasteiger charge is -2.10. The number of esters is 1. The summed E-state index contributed by atoms with van der Waals surface area (Å²) in [5, 5.41) is 9.83. The maximum Gasteiger partial charge on any atom is 0.340 e. The number of hydrogen-bond acceptors (Lipinski definition) is 4. The zero-order valence-electron chi connectivity index (χ0n) is 10.1. The molecule has 1 heterocycles. The summed E-state index contributed by atoms with van der Waals surface area (Å²) in [6.45, 7) is 3.73. The zero-order chi connectivity index (χ0) is 12.5. The van der Waals surface area contributed by atoms with Gasteiger partial charge < -0.3 is 20.1 Å². The third-order valence-electron chi connectivity index (χ3n) is 2.97. The average Bonchev–Trinajstić information content (AvgIpc) is 2.51. The number of carbonyl (C=O) groups is 1.